The smallest absolute Gasteiger partial charge is 0.264 e. The summed E-state index contributed by atoms with van der Waals surface area (Å²) in [5, 5.41) is 9.60. The average Bonchev–Trinajstić information content (AvgIpc) is 2.70. The van der Waals surface area contributed by atoms with E-state index >= 15 is 0 Å². The molecule has 1 unspecified atom stereocenters. The fraction of sp³-hybridized carbons (Fsp3) is 0.333. The first kappa shape index (κ1) is 16.2. The first-order chi connectivity index (χ1) is 10.7. The van der Waals surface area contributed by atoms with Crippen LogP contribution in [0.3, 0.4) is 0 Å². The summed E-state index contributed by atoms with van der Waals surface area (Å²) in [5.41, 5.74) is -1.55. The molecule has 8 heteroatoms. The molecule has 0 saturated heterocycles. The molecule has 1 N–H and O–H groups in total. The Morgan fingerprint density at radius 1 is 1.35 bits per heavy atom. The van der Waals surface area contributed by atoms with E-state index in [2.05, 4.69) is 9.97 Å². The minimum absolute atomic E-state index is 0.0760. The lowest BCUT2D eigenvalue weighted by Crippen LogP contribution is -2.17. The van der Waals surface area contributed by atoms with Gasteiger partial charge < -0.3 is 9.84 Å². The SMILES string of the molecule is CC1(C)OC(O)c2nc(-c3c(C(F)F)ccc(Cl)c3F)cnc21. The molecule has 1 aliphatic rings. The van der Waals surface area contributed by atoms with Crippen LogP contribution in [0.5, 0.6) is 0 Å². The highest BCUT2D eigenvalue weighted by Crippen LogP contribution is 2.41. The molecular weight excluding hydrogens is 333 g/mol. The molecule has 0 aliphatic carbocycles. The van der Waals surface area contributed by atoms with Crippen LogP contribution >= 0.6 is 11.6 Å². The fourth-order valence-electron chi connectivity index (χ4n) is 2.56. The van der Waals surface area contributed by atoms with Crippen LogP contribution < -0.4 is 0 Å². The van der Waals surface area contributed by atoms with Gasteiger partial charge in [-0.25, -0.2) is 18.2 Å². The average molecular weight is 345 g/mol. The van der Waals surface area contributed by atoms with Crippen LogP contribution in [0.4, 0.5) is 13.2 Å². The maximum atomic E-state index is 14.3. The second kappa shape index (κ2) is 5.43. The molecule has 2 aromatic rings. The molecule has 1 atom stereocenters. The Bertz CT molecular complexity index is 784. The largest absolute Gasteiger partial charge is 0.363 e. The summed E-state index contributed by atoms with van der Waals surface area (Å²) in [6, 6.07) is 2.10. The summed E-state index contributed by atoms with van der Waals surface area (Å²) < 4.78 is 45.9. The molecule has 0 bridgehead atoms. The van der Waals surface area contributed by atoms with Crippen molar-refractivity contribution in [3.05, 3.63) is 46.1 Å². The number of aliphatic hydroxyl groups excluding tert-OH is 1. The number of hydrogen-bond acceptors (Lipinski definition) is 4. The third-order valence-corrected chi connectivity index (χ3v) is 3.92. The summed E-state index contributed by atoms with van der Waals surface area (Å²) in [6.45, 7) is 3.36. The molecule has 1 aromatic carbocycles. The molecule has 2 heterocycles. The standard InChI is InChI=1S/C15H12ClF3N2O2/c1-15(2)12-11(14(22)23-15)21-8(5-20-12)9-6(13(18)19)3-4-7(16)10(9)17/h3-5,13-14,22H,1-2H3. The van der Waals surface area contributed by atoms with E-state index in [4.69, 9.17) is 16.3 Å². The van der Waals surface area contributed by atoms with Gasteiger partial charge in [0, 0.05) is 11.1 Å². The highest BCUT2D eigenvalue weighted by Gasteiger charge is 2.40. The van der Waals surface area contributed by atoms with E-state index < -0.39 is 35.3 Å². The zero-order valence-electron chi connectivity index (χ0n) is 12.1. The van der Waals surface area contributed by atoms with Gasteiger partial charge in [-0.15, -0.1) is 0 Å². The summed E-state index contributed by atoms with van der Waals surface area (Å²) in [4.78, 5) is 8.18. The van der Waals surface area contributed by atoms with Crippen molar-refractivity contribution in [2.24, 2.45) is 0 Å². The number of rotatable bonds is 2. The van der Waals surface area contributed by atoms with Crippen LogP contribution in [0.15, 0.2) is 18.3 Å². The van der Waals surface area contributed by atoms with Gasteiger partial charge in [-0.3, -0.25) is 4.98 Å². The Balaban J connectivity index is 2.22. The van der Waals surface area contributed by atoms with E-state index in [1.165, 1.54) is 6.20 Å². The summed E-state index contributed by atoms with van der Waals surface area (Å²) >= 11 is 5.69. The predicted molar refractivity (Wildman–Crippen MR) is 76.5 cm³/mol. The van der Waals surface area contributed by atoms with Crippen molar-refractivity contribution in [3.63, 3.8) is 0 Å². The minimum Gasteiger partial charge on any atom is -0.363 e. The second-order valence-electron chi connectivity index (χ2n) is 5.60. The first-order valence-electron chi connectivity index (χ1n) is 6.72. The zero-order chi connectivity index (χ0) is 16.9. The highest BCUT2D eigenvalue weighted by molar-refractivity contribution is 6.31. The lowest BCUT2D eigenvalue weighted by molar-refractivity contribution is -0.159. The molecule has 0 spiro atoms. The first-order valence-corrected chi connectivity index (χ1v) is 7.10. The third kappa shape index (κ3) is 2.58. The summed E-state index contributed by atoms with van der Waals surface area (Å²) in [5.74, 6) is -1.01. The van der Waals surface area contributed by atoms with E-state index in [-0.39, 0.29) is 16.4 Å². The van der Waals surface area contributed by atoms with Gasteiger partial charge in [0.05, 0.1) is 22.6 Å². The molecule has 122 valence electrons. The molecule has 1 aliphatic heterocycles. The fourth-order valence-corrected chi connectivity index (χ4v) is 2.72. The Hall–Kier alpha value is -1.70. The van der Waals surface area contributed by atoms with Crippen molar-refractivity contribution < 1.29 is 23.0 Å². The van der Waals surface area contributed by atoms with Gasteiger partial charge in [-0.05, 0) is 19.9 Å². The van der Waals surface area contributed by atoms with Gasteiger partial charge in [-0.2, -0.15) is 0 Å². The number of ether oxygens (including phenoxy) is 1. The van der Waals surface area contributed by atoms with E-state index in [1.54, 1.807) is 13.8 Å². The molecule has 23 heavy (non-hydrogen) atoms. The van der Waals surface area contributed by atoms with Crippen LogP contribution in [-0.2, 0) is 10.3 Å². The quantitative estimate of drug-likeness (QED) is 0.890. The number of aliphatic hydroxyl groups is 1. The molecule has 4 nitrogen and oxygen atoms in total. The van der Waals surface area contributed by atoms with Gasteiger partial charge in [0.25, 0.3) is 6.43 Å². The van der Waals surface area contributed by atoms with E-state index in [1.807, 2.05) is 0 Å². The van der Waals surface area contributed by atoms with Crippen LogP contribution in [0.1, 0.15) is 43.5 Å². The van der Waals surface area contributed by atoms with Crippen molar-refractivity contribution >= 4 is 11.6 Å². The highest BCUT2D eigenvalue weighted by atomic mass is 35.5. The summed E-state index contributed by atoms with van der Waals surface area (Å²) in [6.07, 6.45) is -3.10. The molecule has 0 radical (unpaired) electrons. The topological polar surface area (TPSA) is 55.2 Å². The Morgan fingerprint density at radius 2 is 2.04 bits per heavy atom. The van der Waals surface area contributed by atoms with Gasteiger partial charge in [-0.1, -0.05) is 17.7 Å². The zero-order valence-corrected chi connectivity index (χ0v) is 12.9. The molecule has 0 amide bonds. The third-order valence-electron chi connectivity index (χ3n) is 3.63. The molecule has 1 aromatic heterocycles. The Morgan fingerprint density at radius 3 is 2.70 bits per heavy atom. The molecule has 0 saturated carbocycles. The number of nitrogens with zero attached hydrogens (tertiary/aromatic N) is 2. The van der Waals surface area contributed by atoms with Crippen molar-refractivity contribution in [2.45, 2.75) is 32.2 Å². The number of benzene rings is 1. The number of fused-ring (bicyclic) bond motifs is 1. The van der Waals surface area contributed by atoms with Crippen molar-refractivity contribution in [1.82, 2.24) is 9.97 Å². The van der Waals surface area contributed by atoms with Gasteiger partial charge in [0.15, 0.2) is 5.82 Å². The van der Waals surface area contributed by atoms with Crippen LogP contribution in [-0.4, -0.2) is 15.1 Å². The van der Waals surface area contributed by atoms with E-state index in [0.717, 1.165) is 12.1 Å². The Kier molecular flexibility index (Phi) is 3.82. The maximum Gasteiger partial charge on any atom is 0.264 e. The normalized spacial score (nSPS) is 19.2. The van der Waals surface area contributed by atoms with Crippen LogP contribution in [0.2, 0.25) is 5.02 Å². The molecule has 3 rings (SSSR count). The van der Waals surface area contributed by atoms with Crippen molar-refractivity contribution in [2.75, 3.05) is 0 Å². The monoisotopic (exact) mass is 344 g/mol. The number of aromatic nitrogens is 2. The summed E-state index contributed by atoms with van der Waals surface area (Å²) in [7, 11) is 0. The lowest BCUT2D eigenvalue weighted by atomic mass is 10.0. The van der Waals surface area contributed by atoms with Gasteiger partial charge in [0.2, 0.25) is 6.29 Å². The van der Waals surface area contributed by atoms with Crippen LogP contribution in [0, 0.1) is 5.82 Å². The van der Waals surface area contributed by atoms with Gasteiger partial charge >= 0.3 is 0 Å². The minimum atomic E-state index is -2.91. The van der Waals surface area contributed by atoms with Crippen LogP contribution in [0.25, 0.3) is 11.3 Å². The van der Waals surface area contributed by atoms with Gasteiger partial charge in [0.1, 0.15) is 11.3 Å². The number of alkyl halides is 2. The lowest BCUT2D eigenvalue weighted by Gasteiger charge is -2.17. The van der Waals surface area contributed by atoms with E-state index in [0.29, 0.717) is 5.69 Å². The molecular formula is C15H12ClF3N2O2. The Labute approximate surface area is 134 Å². The number of hydrogen-bond donors (Lipinski definition) is 1. The maximum absolute atomic E-state index is 14.3. The second-order valence-corrected chi connectivity index (χ2v) is 6.00. The van der Waals surface area contributed by atoms with Crippen molar-refractivity contribution in [1.29, 1.82) is 0 Å². The number of halogens is 4. The predicted octanol–water partition coefficient (Wildman–Crippen LogP) is 4.13. The molecule has 0 fully saturated rings. The van der Waals surface area contributed by atoms with E-state index in [9.17, 15) is 18.3 Å². The van der Waals surface area contributed by atoms with Crippen molar-refractivity contribution in [3.8, 4) is 11.3 Å².